The number of nitro benzene ring substituents is 1. The molecule has 1 N–H and O–H groups in total. The van der Waals surface area contributed by atoms with Crippen LogP contribution >= 0.6 is 31.9 Å². The predicted octanol–water partition coefficient (Wildman–Crippen LogP) is 6.71. The first-order valence-corrected chi connectivity index (χ1v) is 10.9. The summed E-state index contributed by atoms with van der Waals surface area (Å²) in [7, 11) is 0. The van der Waals surface area contributed by atoms with Crippen molar-refractivity contribution in [3.63, 3.8) is 0 Å². The fourth-order valence-corrected chi connectivity index (χ4v) is 4.24. The van der Waals surface area contributed by atoms with Crippen LogP contribution in [-0.4, -0.2) is 11.5 Å². The number of anilines is 1. The molecule has 0 saturated heterocycles. The number of nitrogens with one attached hydrogen (secondary N) is 1. The van der Waals surface area contributed by atoms with E-state index in [1.54, 1.807) is 12.1 Å². The normalized spacial score (nSPS) is 10.5. The molecule has 0 aliphatic carbocycles. The minimum atomic E-state index is -0.416. The second-order valence-corrected chi connectivity index (χ2v) is 8.17. The summed E-state index contributed by atoms with van der Waals surface area (Å²) in [6.45, 7) is 3.44. The van der Waals surface area contributed by atoms with E-state index in [1.807, 2.05) is 43.3 Å². The third-order valence-corrected chi connectivity index (χ3v) is 5.31. The van der Waals surface area contributed by atoms with Gasteiger partial charge in [-0.2, -0.15) is 0 Å². The van der Waals surface area contributed by atoms with Crippen molar-refractivity contribution in [2.24, 2.45) is 0 Å². The Balaban J connectivity index is 1.70. The Bertz CT molecular complexity index is 1010. The lowest BCUT2D eigenvalue weighted by molar-refractivity contribution is -0.384. The number of hydrogen-bond donors (Lipinski definition) is 1. The molecule has 0 saturated carbocycles. The first-order valence-electron chi connectivity index (χ1n) is 9.27. The van der Waals surface area contributed by atoms with Crippen LogP contribution in [0.2, 0.25) is 0 Å². The van der Waals surface area contributed by atoms with Gasteiger partial charge in [0.05, 0.1) is 16.0 Å². The number of nitro groups is 1. The molecule has 0 radical (unpaired) electrons. The van der Waals surface area contributed by atoms with Crippen molar-refractivity contribution in [1.82, 2.24) is 0 Å². The van der Waals surface area contributed by atoms with E-state index in [9.17, 15) is 10.1 Å². The van der Waals surface area contributed by atoms with E-state index in [-0.39, 0.29) is 5.69 Å². The van der Waals surface area contributed by atoms with Crippen molar-refractivity contribution in [3.05, 3.63) is 90.9 Å². The molecule has 8 heteroatoms. The summed E-state index contributed by atoms with van der Waals surface area (Å²) in [4.78, 5) is 10.4. The van der Waals surface area contributed by atoms with Gasteiger partial charge in [0, 0.05) is 34.4 Å². The molecule has 0 heterocycles. The van der Waals surface area contributed by atoms with Gasteiger partial charge in [0.2, 0.25) is 0 Å². The number of hydrogen-bond acceptors (Lipinski definition) is 5. The second-order valence-electron chi connectivity index (χ2n) is 6.40. The summed E-state index contributed by atoms with van der Waals surface area (Å²) in [5.41, 5.74) is 2.84. The summed E-state index contributed by atoms with van der Waals surface area (Å²) in [5.74, 6) is 1.55. The maximum Gasteiger partial charge on any atom is 0.269 e. The molecule has 30 heavy (non-hydrogen) atoms. The van der Waals surface area contributed by atoms with Crippen molar-refractivity contribution in [2.75, 3.05) is 11.9 Å². The number of halogens is 2. The summed E-state index contributed by atoms with van der Waals surface area (Å²) >= 11 is 7.09. The zero-order valence-corrected chi connectivity index (χ0v) is 19.4. The highest BCUT2D eigenvalue weighted by Gasteiger charge is 2.12. The maximum absolute atomic E-state index is 10.8. The average Bonchev–Trinajstić information content (AvgIpc) is 2.73. The molecule has 6 nitrogen and oxygen atoms in total. The zero-order valence-electron chi connectivity index (χ0n) is 16.2. The summed E-state index contributed by atoms with van der Waals surface area (Å²) < 4.78 is 13.3. The van der Waals surface area contributed by atoms with Crippen LogP contribution < -0.4 is 14.8 Å². The first-order chi connectivity index (χ1) is 14.5. The Morgan fingerprint density at radius 1 is 1.00 bits per heavy atom. The van der Waals surface area contributed by atoms with Crippen molar-refractivity contribution in [2.45, 2.75) is 20.1 Å². The van der Waals surface area contributed by atoms with Crippen molar-refractivity contribution < 1.29 is 14.4 Å². The highest BCUT2D eigenvalue weighted by Crippen LogP contribution is 2.34. The molecule has 3 aromatic rings. The molecular formula is C22H20Br2N2O4. The lowest BCUT2D eigenvalue weighted by Crippen LogP contribution is -2.05. The van der Waals surface area contributed by atoms with Crippen LogP contribution in [0.4, 0.5) is 11.4 Å². The fourth-order valence-electron chi connectivity index (χ4n) is 2.81. The van der Waals surface area contributed by atoms with Gasteiger partial charge in [-0.15, -0.1) is 0 Å². The highest BCUT2D eigenvalue weighted by atomic mass is 79.9. The van der Waals surface area contributed by atoms with Crippen LogP contribution in [0.3, 0.4) is 0 Å². The van der Waals surface area contributed by atoms with Crippen LogP contribution in [0.15, 0.2) is 69.6 Å². The number of ether oxygens (including phenoxy) is 2. The Labute approximate surface area is 191 Å². The summed E-state index contributed by atoms with van der Waals surface area (Å²) in [6, 6.07) is 18.1. The average molecular weight is 536 g/mol. The van der Waals surface area contributed by atoms with Crippen LogP contribution in [-0.2, 0) is 13.2 Å². The van der Waals surface area contributed by atoms with Gasteiger partial charge in [-0.1, -0.05) is 15.9 Å². The van der Waals surface area contributed by atoms with Gasteiger partial charge in [-0.05, 0) is 76.9 Å². The quantitative estimate of drug-likeness (QED) is 0.243. The van der Waals surface area contributed by atoms with Crippen LogP contribution in [0, 0.1) is 10.1 Å². The monoisotopic (exact) mass is 534 g/mol. The van der Waals surface area contributed by atoms with Gasteiger partial charge in [0.1, 0.15) is 18.1 Å². The maximum atomic E-state index is 10.8. The first kappa shape index (κ1) is 22.1. The van der Waals surface area contributed by atoms with E-state index in [1.165, 1.54) is 12.1 Å². The minimum Gasteiger partial charge on any atom is -0.494 e. The Kier molecular flexibility index (Phi) is 7.70. The van der Waals surface area contributed by atoms with Crippen LogP contribution in [0.25, 0.3) is 0 Å². The van der Waals surface area contributed by atoms with E-state index >= 15 is 0 Å². The van der Waals surface area contributed by atoms with E-state index in [4.69, 9.17) is 9.47 Å². The van der Waals surface area contributed by atoms with Crippen molar-refractivity contribution in [1.29, 1.82) is 0 Å². The molecule has 0 fully saturated rings. The molecule has 0 aliphatic heterocycles. The third-order valence-electron chi connectivity index (χ3n) is 4.26. The highest BCUT2D eigenvalue weighted by molar-refractivity contribution is 9.11. The largest absolute Gasteiger partial charge is 0.494 e. The minimum absolute atomic E-state index is 0.0591. The number of nitrogens with zero attached hydrogens (tertiary/aromatic N) is 1. The van der Waals surface area contributed by atoms with E-state index < -0.39 is 4.92 Å². The lowest BCUT2D eigenvalue weighted by atomic mass is 10.2. The molecule has 0 aromatic heterocycles. The Morgan fingerprint density at radius 3 is 2.33 bits per heavy atom. The second kappa shape index (κ2) is 10.4. The molecule has 0 atom stereocenters. The molecule has 3 aromatic carbocycles. The predicted molar refractivity (Wildman–Crippen MR) is 124 cm³/mol. The molecular weight excluding hydrogens is 516 g/mol. The fraction of sp³-hybridized carbons (Fsp3) is 0.182. The van der Waals surface area contributed by atoms with E-state index in [0.29, 0.717) is 19.8 Å². The Hall–Kier alpha value is -2.58. The Morgan fingerprint density at radius 2 is 1.70 bits per heavy atom. The van der Waals surface area contributed by atoms with Gasteiger partial charge in [-0.25, -0.2) is 0 Å². The molecule has 0 spiro atoms. The standard InChI is InChI=1S/C22H20Br2N2O4/c1-2-29-20-9-5-18(6-10-20)25-13-16-11-17(23)12-21(24)22(16)30-14-15-3-7-19(8-4-15)26(27)28/h3-12,25H,2,13-14H2,1H3. The van der Waals surface area contributed by atoms with E-state index in [2.05, 4.69) is 37.2 Å². The molecule has 0 bridgehead atoms. The molecule has 0 aliphatic rings. The molecule has 0 amide bonds. The molecule has 0 unspecified atom stereocenters. The molecule has 156 valence electrons. The van der Waals surface area contributed by atoms with Crippen LogP contribution in [0.1, 0.15) is 18.1 Å². The topological polar surface area (TPSA) is 73.6 Å². The van der Waals surface area contributed by atoms with Gasteiger partial charge in [0.25, 0.3) is 5.69 Å². The lowest BCUT2D eigenvalue weighted by Gasteiger charge is -2.16. The molecule has 3 rings (SSSR count). The SMILES string of the molecule is CCOc1ccc(NCc2cc(Br)cc(Br)c2OCc2ccc([N+](=O)[O-])cc2)cc1. The van der Waals surface area contributed by atoms with Crippen LogP contribution in [0.5, 0.6) is 11.5 Å². The van der Waals surface area contributed by atoms with Gasteiger partial charge >= 0.3 is 0 Å². The van der Waals surface area contributed by atoms with Crippen molar-refractivity contribution in [3.8, 4) is 11.5 Å². The number of rotatable bonds is 9. The summed E-state index contributed by atoms with van der Waals surface area (Å²) in [6.07, 6.45) is 0. The third kappa shape index (κ3) is 5.96. The van der Waals surface area contributed by atoms with E-state index in [0.717, 1.165) is 37.3 Å². The van der Waals surface area contributed by atoms with Gasteiger partial charge in [0.15, 0.2) is 0 Å². The smallest absolute Gasteiger partial charge is 0.269 e. The number of benzene rings is 3. The summed E-state index contributed by atoms with van der Waals surface area (Å²) in [5, 5.41) is 14.2. The number of non-ortho nitro benzene ring substituents is 1. The van der Waals surface area contributed by atoms with Gasteiger partial charge < -0.3 is 14.8 Å². The zero-order chi connectivity index (χ0) is 21.5. The van der Waals surface area contributed by atoms with Gasteiger partial charge in [-0.3, -0.25) is 10.1 Å². The van der Waals surface area contributed by atoms with Crippen molar-refractivity contribution >= 4 is 43.2 Å².